The standard InChI is InChI=1S/C33H53NO8Si/c1-12-26(30(36)34-22(3)18-40-31(34)37)28(35)27(20-41-43(10,11)32(5,6)7)23(4)33(8)29(42-33)21(2)17-39-19-24-13-15-25(38-9)16-14-24/h12-16,21-23,26-29,35H,1,17-20H2,2-11H3/t21-,22+,23-,26+,27+,28+,29+,33?/m0/s1. The summed E-state index contributed by atoms with van der Waals surface area (Å²) in [7, 11) is -0.546. The van der Waals surface area contributed by atoms with Gasteiger partial charge in [-0.2, -0.15) is 0 Å². The van der Waals surface area contributed by atoms with E-state index in [0.29, 0.717) is 13.2 Å². The Morgan fingerprint density at radius 3 is 2.37 bits per heavy atom. The molecule has 2 saturated heterocycles. The zero-order valence-corrected chi connectivity index (χ0v) is 28.7. The van der Waals surface area contributed by atoms with Crippen molar-refractivity contribution in [2.45, 2.75) is 97.1 Å². The minimum absolute atomic E-state index is 0.0353. The lowest BCUT2D eigenvalue weighted by Crippen LogP contribution is -2.51. The second-order valence-corrected chi connectivity index (χ2v) is 18.8. The molecule has 9 nitrogen and oxygen atoms in total. The van der Waals surface area contributed by atoms with Gasteiger partial charge in [-0.3, -0.25) is 4.79 Å². The molecule has 0 aromatic heterocycles. The van der Waals surface area contributed by atoms with Gasteiger partial charge in [0.25, 0.3) is 0 Å². The summed E-state index contributed by atoms with van der Waals surface area (Å²) >= 11 is 0. The number of methoxy groups -OCH3 is 1. The van der Waals surface area contributed by atoms with E-state index in [2.05, 4.69) is 54.3 Å². The normalized spacial score (nSPS) is 25.8. The fraction of sp³-hybridized carbons (Fsp3) is 0.697. The molecule has 43 heavy (non-hydrogen) atoms. The van der Waals surface area contributed by atoms with Crippen molar-refractivity contribution in [1.82, 2.24) is 4.90 Å². The smallest absolute Gasteiger partial charge is 0.416 e. The molecule has 1 aromatic carbocycles. The van der Waals surface area contributed by atoms with Crippen molar-refractivity contribution in [2.24, 2.45) is 23.7 Å². The molecule has 0 bridgehead atoms. The highest BCUT2D eigenvalue weighted by Crippen LogP contribution is 2.51. The van der Waals surface area contributed by atoms with Crippen LogP contribution in [0.25, 0.3) is 0 Å². The fourth-order valence-corrected chi connectivity index (χ4v) is 6.62. The zero-order chi connectivity index (χ0) is 32.3. The Hall–Kier alpha value is -2.24. The van der Waals surface area contributed by atoms with E-state index in [4.69, 9.17) is 23.4 Å². The predicted octanol–water partition coefficient (Wildman–Crippen LogP) is 5.81. The summed E-state index contributed by atoms with van der Waals surface area (Å²) in [5.41, 5.74) is 0.503. The molecule has 10 heteroatoms. The number of cyclic esters (lactones) is 1. The van der Waals surface area contributed by atoms with Crippen LogP contribution in [-0.2, 0) is 30.0 Å². The zero-order valence-electron chi connectivity index (χ0n) is 27.7. The molecule has 0 radical (unpaired) electrons. The molecule has 2 aliphatic heterocycles. The summed E-state index contributed by atoms with van der Waals surface area (Å²) in [6.07, 6.45) is -0.499. The van der Waals surface area contributed by atoms with Gasteiger partial charge in [0.15, 0.2) is 8.32 Å². The Morgan fingerprint density at radius 2 is 1.86 bits per heavy atom. The first-order valence-electron chi connectivity index (χ1n) is 15.3. The molecule has 2 aliphatic rings. The third-order valence-corrected chi connectivity index (χ3v) is 14.4. The Bertz CT molecular complexity index is 1120. The van der Waals surface area contributed by atoms with Crippen molar-refractivity contribution in [1.29, 1.82) is 0 Å². The summed E-state index contributed by atoms with van der Waals surface area (Å²) in [5, 5.41) is 11.8. The molecule has 2 fully saturated rings. The van der Waals surface area contributed by atoms with Crippen LogP contribution in [0.3, 0.4) is 0 Å². The number of aliphatic hydroxyl groups excluding tert-OH is 1. The van der Waals surface area contributed by atoms with Crippen molar-refractivity contribution in [3.05, 3.63) is 42.5 Å². The fourth-order valence-electron chi connectivity index (χ4n) is 5.58. The third kappa shape index (κ3) is 7.89. The topological polar surface area (TPSA) is 107 Å². The molecule has 1 aromatic rings. The minimum Gasteiger partial charge on any atom is -0.497 e. The highest BCUT2D eigenvalue weighted by Gasteiger charge is 2.61. The Balaban J connectivity index is 1.75. The number of benzene rings is 1. The van der Waals surface area contributed by atoms with Gasteiger partial charge < -0.3 is 28.5 Å². The van der Waals surface area contributed by atoms with Gasteiger partial charge in [0.1, 0.15) is 12.4 Å². The monoisotopic (exact) mass is 619 g/mol. The SMILES string of the molecule is C=C[C@@H](C(=O)N1C(=O)OC[C@H]1C)[C@@H](O)[C@H](CO[Si](C)(C)C(C)(C)C)[C@H](C)C1(C)O[C@@H]1[C@@H](C)COCc1ccc(OC)cc1. The molecular formula is C33H53NO8Si. The van der Waals surface area contributed by atoms with E-state index < -0.39 is 49.9 Å². The van der Waals surface area contributed by atoms with E-state index in [0.717, 1.165) is 16.2 Å². The number of aliphatic hydroxyl groups is 1. The first-order valence-corrected chi connectivity index (χ1v) is 18.2. The van der Waals surface area contributed by atoms with Gasteiger partial charge in [-0.25, -0.2) is 9.69 Å². The summed E-state index contributed by atoms with van der Waals surface area (Å²) in [6, 6.07) is 7.38. The maximum atomic E-state index is 13.5. The van der Waals surface area contributed by atoms with E-state index in [9.17, 15) is 14.7 Å². The van der Waals surface area contributed by atoms with Gasteiger partial charge in [0.05, 0.1) is 50.1 Å². The molecular weight excluding hydrogens is 566 g/mol. The molecule has 242 valence electrons. The van der Waals surface area contributed by atoms with Gasteiger partial charge in [-0.1, -0.05) is 52.8 Å². The molecule has 2 amide bonds. The van der Waals surface area contributed by atoms with Gasteiger partial charge in [0.2, 0.25) is 5.91 Å². The van der Waals surface area contributed by atoms with Crippen LogP contribution in [0.2, 0.25) is 18.1 Å². The number of nitrogens with zero attached hydrogens (tertiary/aromatic N) is 1. The molecule has 0 aliphatic carbocycles. The van der Waals surface area contributed by atoms with Gasteiger partial charge in [0, 0.05) is 18.4 Å². The number of hydrogen-bond acceptors (Lipinski definition) is 8. The van der Waals surface area contributed by atoms with Crippen LogP contribution in [0.1, 0.15) is 54.0 Å². The van der Waals surface area contributed by atoms with Crippen LogP contribution in [0, 0.1) is 23.7 Å². The Labute approximate surface area is 259 Å². The van der Waals surface area contributed by atoms with Crippen molar-refractivity contribution in [3.63, 3.8) is 0 Å². The van der Waals surface area contributed by atoms with Crippen LogP contribution in [-0.4, -0.2) is 81.1 Å². The van der Waals surface area contributed by atoms with E-state index in [1.54, 1.807) is 14.0 Å². The first kappa shape index (κ1) is 35.2. The molecule has 2 heterocycles. The lowest BCUT2D eigenvalue weighted by atomic mass is 9.74. The maximum absolute atomic E-state index is 13.5. The summed E-state index contributed by atoms with van der Waals surface area (Å²) in [5.74, 6) is -1.26. The van der Waals surface area contributed by atoms with Crippen molar-refractivity contribution in [3.8, 4) is 5.75 Å². The lowest BCUT2D eigenvalue weighted by Gasteiger charge is -2.40. The van der Waals surface area contributed by atoms with E-state index in [1.165, 1.54) is 6.08 Å². The summed E-state index contributed by atoms with van der Waals surface area (Å²) < 4.78 is 29.3. The number of imide groups is 1. The highest BCUT2D eigenvalue weighted by molar-refractivity contribution is 6.74. The number of hydrogen-bond donors (Lipinski definition) is 1. The van der Waals surface area contributed by atoms with E-state index in [-0.39, 0.29) is 36.2 Å². The Morgan fingerprint density at radius 1 is 1.23 bits per heavy atom. The maximum Gasteiger partial charge on any atom is 0.416 e. The number of carbonyl (C=O) groups is 2. The average molecular weight is 620 g/mol. The quantitative estimate of drug-likeness (QED) is 0.149. The minimum atomic E-state index is -2.19. The summed E-state index contributed by atoms with van der Waals surface area (Å²) in [6.45, 7) is 24.0. The second-order valence-electron chi connectivity index (χ2n) is 14.0. The predicted molar refractivity (Wildman–Crippen MR) is 168 cm³/mol. The largest absolute Gasteiger partial charge is 0.497 e. The number of amides is 2. The van der Waals surface area contributed by atoms with Crippen LogP contribution in [0.15, 0.2) is 36.9 Å². The number of ether oxygens (including phenoxy) is 4. The molecule has 0 spiro atoms. The molecule has 1 unspecified atom stereocenters. The van der Waals surface area contributed by atoms with Crippen LogP contribution in [0.5, 0.6) is 5.75 Å². The number of epoxide rings is 1. The first-order chi connectivity index (χ1) is 20.0. The average Bonchev–Trinajstić information content (AvgIpc) is 3.53. The molecule has 1 N–H and O–H groups in total. The van der Waals surface area contributed by atoms with Crippen molar-refractivity contribution < 1.29 is 38.1 Å². The third-order valence-electron chi connectivity index (χ3n) is 9.87. The second kappa shape index (κ2) is 13.8. The molecule has 0 saturated carbocycles. The lowest BCUT2D eigenvalue weighted by molar-refractivity contribution is -0.137. The van der Waals surface area contributed by atoms with Crippen LogP contribution >= 0.6 is 0 Å². The number of carbonyl (C=O) groups excluding carboxylic acids is 2. The van der Waals surface area contributed by atoms with E-state index >= 15 is 0 Å². The summed E-state index contributed by atoms with van der Waals surface area (Å²) in [4.78, 5) is 27.0. The van der Waals surface area contributed by atoms with Crippen molar-refractivity contribution >= 4 is 20.3 Å². The van der Waals surface area contributed by atoms with Crippen LogP contribution in [0.4, 0.5) is 4.79 Å². The van der Waals surface area contributed by atoms with E-state index in [1.807, 2.05) is 31.2 Å². The van der Waals surface area contributed by atoms with Gasteiger partial charge in [-0.05, 0) is 55.6 Å². The van der Waals surface area contributed by atoms with Gasteiger partial charge in [-0.15, -0.1) is 6.58 Å². The highest BCUT2D eigenvalue weighted by atomic mass is 28.4. The van der Waals surface area contributed by atoms with Gasteiger partial charge >= 0.3 is 6.09 Å². The van der Waals surface area contributed by atoms with Crippen molar-refractivity contribution in [2.75, 3.05) is 26.9 Å². The molecule has 8 atom stereocenters. The number of rotatable bonds is 15. The van der Waals surface area contributed by atoms with Crippen LogP contribution < -0.4 is 4.74 Å². The Kier molecular flexibility index (Phi) is 11.3. The molecule has 3 rings (SSSR count).